The molecule has 0 saturated carbocycles. The molecular formula is C12H22O3S. The summed E-state index contributed by atoms with van der Waals surface area (Å²) in [6, 6.07) is 0. The number of ether oxygens (including phenoxy) is 2. The Morgan fingerprint density at radius 2 is 2.12 bits per heavy atom. The van der Waals surface area contributed by atoms with E-state index in [0.717, 1.165) is 13.0 Å². The summed E-state index contributed by atoms with van der Waals surface area (Å²) in [5, 5.41) is 0.527. The van der Waals surface area contributed by atoms with Gasteiger partial charge in [-0.25, -0.2) is 0 Å². The van der Waals surface area contributed by atoms with Crippen molar-refractivity contribution in [3.8, 4) is 0 Å². The molecule has 0 amide bonds. The fraction of sp³-hybridized carbons (Fsp3) is 0.917. The zero-order valence-corrected chi connectivity index (χ0v) is 11.4. The molecular weight excluding hydrogens is 224 g/mol. The van der Waals surface area contributed by atoms with E-state index in [1.165, 1.54) is 0 Å². The summed E-state index contributed by atoms with van der Waals surface area (Å²) in [4.78, 5) is 11.5. The van der Waals surface area contributed by atoms with Crippen LogP contribution in [0.3, 0.4) is 0 Å². The quantitative estimate of drug-likeness (QED) is 0.698. The van der Waals surface area contributed by atoms with Crippen LogP contribution in [0.1, 0.15) is 34.1 Å². The Bertz CT molecular complexity index is 232. The molecule has 16 heavy (non-hydrogen) atoms. The number of hydrogen-bond donors (Lipinski definition) is 0. The van der Waals surface area contributed by atoms with Gasteiger partial charge < -0.3 is 9.47 Å². The van der Waals surface area contributed by atoms with Crippen molar-refractivity contribution in [2.45, 2.75) is 44.1 Å². The molecule has 0 aliphatic carbocycles. The van der Waals surface area contributed by atoms with Gasteiger partial charge in [-0.05, 0) is 11.7 Å². The number of esters is 1. The zero-order valence-electron chi connectivity index (χ0n) is 10.6. The molecule has 0 aromatic rings. The Kier molecular flexibility index (Phi) is 5.12. The summed E-state index contributed by atoms with van der Waals surface area (Å²) >= 11 is 1.86. The first-order chi connectivity index (χ1) is 7.45. The normalized spacial score (nSPS) is 25.4. The minimum Gasteiger partial charge on any atom is -0.464 e. The Balaban J connectivity index is 2.48. The largest absolute Gasteiger partial charge is 0.464 e. The van der Waals surface area contributed by atoms with E-state index in [1.807, 2.05) is 25.6 Å². The lowest BCUT2D eigenvalue weighted by Crippen LogP contribution is -2.35. The van der Waals surface area contributed by atoms with E-state index < -0.39 is 0 Å². The standard InChI is InChI=1S/C12H22O3S/c1-9(2)11(13)15-8-12(16-10(3)4)5-6-14-7-12/h9-10H,5-8H2,1-4H3. The fourth-order valence-electron chi connectivity index (χ4n) is 1.70. The highest BCUT2D eigenvalue weighted by Gasteiger charge is 2.38. The highest BCUT2D eigenvalue weighted by atomic mass is 32.2. The molecule has 1 aliphatic rings. The first-order valence-electron chi connectivity index (χ1n) is 5.87. The molecule has 1 unspecified atom stereocenters. The van der Waals surface area contributed by atoms with Crippen LogP contribution in [0, 0.1) is 5.92 Å². The molecule has 94 valence electrons. The molecule has 1 rings (SSSR count). The second-order valence-electron chi connectivity index (χ2n) is 4.91. The fourth-order valence-corrected chi connectivity index (χ4v) is 3.18. The molecule has 1 saturated heterocycles. The van der Waals surface area contributed by atoms with Gasteiger partial charge in [0.1, 0.15) is 6.61 Å². The molecule has 0 aromatic carbocycles. The lowest BCUT2D eigenvalue weighted by Gasteiger charge is -2.28. The van der Waals surface area contributed by atoms with E-state index in [1.54, 1.807) is 0 Å². The van der Waals surface area contributed by atoms with Crippen LogP contribution in [0.5, 0.6) is 0 Å². The average molecular weight is 246 g/mol. The summed E-state index contributed by atoms with van der Waals surface area (Å²) in [6.45, 7) is 9.99. The third-order valence-electron chi connectivity index (χ3n) is 2.50. The second kappa shape index (κ2) is 5.92. The highest BCUT2D eigenvalue weighted by Crippen LogP contribution is 2.37. The van der Waals surface area contributed by atoms with Crippen molar-refractivity contribution in [1.29, 1.82) is 0 Å². The van der Waals surface area contributed by atoms with Crippen LogP contribution in [-0.4, -0.2) is 35.8 Å². The van der Waals surface area contributed by atoms with Crippen molar-refractivity contribution in [3.05, 3.63) is 0 Å². The average Bonchev–Trinajstić information content (AvgIpc) is 2.62. The maximum Gasteiger partial charge on any atom is 0.308 e. The van der Waals surface area contributed by atoms with Crippen molar-refractivity contribution < 1.29 is 14.3 Å². The Morgan fingerprint density at radius 1 is 1.44 bits per heavy atom. The molecule has 0 bridgehead atoms. The molecule has 1 heterocycles. The van der Waals surface area contributed by atoms with Crippen LogP contribution in [0.25, 0.3) is 0 Å². The van der Waals surface area contributed by atoms with Gasteiger partial charge in [-0.1, -0.05) is 27.7 Å². The summed E-state index contributed by atoms with van der Waals surface area (Å²) in [7, 11) is 0. The zero-order chi connectivity index (χ0) is 12.2. The third kappa shape index (κ3) is 3.98. The maximum atomic E-state index is 11.5. The van der Waals surface area contributed by atoms with Gasteiger partial charge >= 0.3 is 5.97 Å². The predicted molar refractivity (Wildman–Crippen MR) is 66.7 cm³/mol. The van der Waals surface area contributed by atoms with E-state index in [2.05, 4.69) is 13.8 Å². The van der Waals surface area contributed by atoms with Crippen LogP contribution < -0.4 is 0 Å². The van der Waals surface area contributed by atoms with Crippen LogP contribution in [0.15, 0.2) is 0 Å². The van der Waals surface area contributed by atoms with Crippen LogP contribution in [0.4, 0.5) is 0 Å². The van der Waals surface area contributed by atoms with Gasteiger partial charge in [-0.2, -0.15) is 0 Å². The number of rotatable bonds is 5. The SMILES string of the molecule is CC(C)SC1(COC(=O)C(C)C)CCOC1. The lowest BCUT2D eigenvalue weighted by molar-refractivity contribution is -0.148. The first-order valence-corrected chi connectivity index (χ1v) is 6.75. The summed E-state index contributed by atoms with van der Waals surface area (Å²) in [5.41, 5.74) is 0. The van der Waals surface area contributed by atoms with Gasteiger partial charge in [0.05, 0.1) is 17.3 Å². The summed E-state index contributed by atoms with van der Waals surface area (Å²) in [5.74, 6) is -0.168. The highest BCUT2D eigenvalue weighted by molar-refractivity contribution is 8.01. The summed E-state index contributed by atoms with van der Waals surface area (Å²) < 4.78 is 10.8. The maximum absolute atomic E-state index is 11.5. The van der Waals surface area contributed by atoms with Crippen LogP contribution in [-0.2, 0) is 14.3 Å². The molecule has 1 aliphatic heterocycles. The van der Waals surface area contributed by atoms with E-state index in [9.17, 15) is 4.79 Å². The number of thioether (sulfide) groups is 1. The monoisotopic (exact) mass is 246 g/mol. The van der Waals surface area contributed by atoms with Crippen molar-refractivity contribution in [2.24, 2.45) is 5.92 Å². The number of carbonyl (C=O) groups is 1. The molecule has 0 N–H and O–H groups in total. The smallest absolute Gasteiger partial charge is 0.308 e. The Hall–Kier alpha value is -0.220. The summed E-state index contributed by atoms with van der Waals surface area (Å²) in [6.07, 6.45) is 0.973. The van der Waals surface area contributed by atoms with E-state index >= 15 is 0 Å². The van der Waals surface area contributed by atoms with Gasteiger partial charge in [0.2, 0.25) is 0 Å². The molecule has 1 atom stereocenters. The van der Waals surface area contributed by atoms with E-state index in [4.69, 9.17) is 9.47 Å². The Labute approximate surface area is 102 Å². The molecule has 0 radical (unpaired) electrons. The molecule has 4 heteroatoms. The van der Waals surface area contributed by atoms with Gasteiger partial charge in [0.25, 0.3) is 0 Å². The second-order valence-corrected chi connectivity index (χ2v) is 6.96. The molecule has 0 spiro atoms. The first kappa shape index (κ1) is 13.8. The van der Waals surface area contributed by atoms with Crippen LogP contribution >= 0.6 is 11.8 Å². The van der Waals surface area contributed by atoms with Gasteiger partial charge in [-0.3, -0.25) is 4.79 Å². The lowest BCUT2D eigenvalue weighted by atomic mass is 10.1. The van der Waals surface area contributed by atoms with E-state index in [0.29, 0.717) is 18.5 Å². The topological polar surface area (TPSA) is 35.5 Å². The molecule has 1 fully saturated rings. The van der Waals surface area contributed by atoms with Gasteiger partial charge in [0, 0.05) is 6.61 Å². The van der Waals surface area contributed by atoms with Gasteiger partial charge in [0.15, 0.2) is 0 Å². The van der Waals surface area contributed by atoms with Gasteiger partial charge in [-0.15, -0.1) is 11.8 Å². The van der Waals surface area contributed by atoms with Crippen molar-refractivity contribution >= 4 is 17.7 Å². The minimum atomic E-state index is -0.115. The van der Waals surface area contributed by atoms with Crippen molar-refractivity contribution in [3.63, 3.8) is 0 Å². The third-order valence-corrected chi connectivity index (χ3v) is 3.91. The molecule has 0 aromatic heterocycles. The molecule has 3 nitrogen and oxygen atoms in total. The number of hydrogen-bond acceptors (Lipinski definition) is 4. The van der Waals surface area contributed by atoms with E-state index in [-0.39, 0.29) is 16.6 Å². The predicted octanol–water partition coefficient (Wildman–Crippen LogP) is 2.49. The minimum absolute atomic E-state index is 0.0152. The van der Waals surface area contributed by atoms with Crippen molar-refractivity contribution in [1.82, 2.24) is 0 Å². The van der Waals surface area contributed by atoms with Crippen molar-refractivity contribution in [2.75, 3.05) is 19.8 Å². The number of carbonyl (C=O) groups excluding carboxylic acids is 1. The van der Waals surface area contributed by atoms with Crippen LogP contribution in [0.2, 0.25) is 0 Å². The Morgan fingerprint density at radius 3 is 2.56 bits per heavy atom.